The van der Waals surface area contributed by atoms with Gasteiger partial charge in [-0.25, -0.2) is 4.98 Å². The van der Waals surface area contributed by atoms with Gasteiger partial charge in [0.05, 0.1) is 22.2 Å². The van der Waals surface area contributed by atoms with E-state index in [0.717, 1.165) is 19.3 Å². The third kappa shape index (κ3) is 5.66. The van der Waals surface area contributed by atoms with Crippen LogP contribution in [0.25, 0.3) is 10.9 Å². The highest BCUT2D eigenvalue weighted by Gasteiger charge is 2.35. The summed E-state index contributed by atoms with van der Waals surface area (Å²) in [6, 6.07) is 9.58. The lowest BCUT2D eigenvalue weighted by molar-refractivity contribution is -0.121. The Morgan fingerprint density at radius 2 is 2.10 bits per heavy atom. The molecule has 0 aliphatic heterocycles. The third-order valence-electron chi connectivity index (χ3n) is 5.64. The standard InChI is InChI=1S/C23H30N4O3S/c1-3-30-15-9-14-27-21(29)18-10-5-6-11-19(18)25-22(27)31-17(2)20(28)26-23(16-24)12-7-4-8-13-23/h5-6,10-11,17H,3-4,7-9,12-15H2,1-2H3,(H,26,28). The van der Waals surface area contributed by atoms with E-state index < -0.39 is 10.8 Å². The van der Waals surface area contributed by atoms with Gasteiger partial charge in [0.25, 0.3) is 5.56 Å². The molecule has 0 bridgehead atoms. The quantitative estimate of drug-likeness (QED) is 0.362. The van der Waals surface area contributed by atoms with Crippen molar-refractivity contribution in [3.05, 3.63) is 34.6 Å². The van der Waals surface area contributed by atoms with Gasteiger partial charge in [0.1, 0.15) is 5.54 Å². The van der Waals surface area contributed by atoms with Gasteiger partial charge >= 0.3 is 0 Å². The molecule has 1 fully saturated rings. The first kappa shape index (κ1) is 23.3. The molecule has 31 heavy (non-hydrogen) atoms. The summed E-state index contributed by atoms with van der Waals surface area (Å²) in [5.74, 6) is -0.197. The number of hydrogen-bond acceptors (Lipinski definition) is 6. The summed E-state index contributed by atoms with van der Waals surface area (Å²) in [6.07, 6.45) is 5.03. The summed E-state index contributed by atoms with van der Waals surface area (Å²) in [4.78, 5) is 30.7. The summed E-state index contributed by atoms with van der Waals surface area (Å²) in [5.41, 5.74) is -0.277. The molecule has 1 aliphatic rings. The van der Waals surface area contributed by atoms with Crippen LogP contribution in [0.5, 0.6) is 0 Å². The van der Waals surface area contributed by atoms with Crippen LogP contribution >= 0.6 is 11.8 Å². The van der Waals surface area contributed by atoms with Crippen molar-refractivity contribution in [2.75, 3.05) is 13.2 Å². The van der Waals surface area contributed by atoms with Gasteiger partial charge in [0, 0.05) is 19.8 Å². The predicted octanol–water partition coefficient (Wildman–Crippen LogP) is 3.65. The summed E-state index contributed by atoms with van der Waals surface area (Å²) in [7, 11) is 0. The van der Waals surface area contributed by atoms with Gasteiger partial charge in [0.2, 0.25) is 5.91 Å². The maximum Gasteiger partial charge on any atom is 0.262 e. The number of hydrogen-bond donors (Lipinski definition) is 1. The fraction of sp³-hybridized carbons (Fsp3) is 0.565. The van der Waals surface area contributed by atoms with Gasteiger partial charge in [-0.15, -0.1) is 0 Å². The zero-order chi connectivity index (χ0) is 22.3. The van der Waals surface area contributed by atoms with E-state index in [2.05, 4.69) is 16.4 Å². The van der Waals surface area contributed by atoms with E-state index in [1.807, 2.05) is 25.1 Å². The van der Waals surface area contributed by atoms with Gasteiger partial charge < -0.3 is 10.1 Å². The summed E-state index contributed by atoms with van der Waals surface area (Å²) in [6.45, 7) is 5.38. The molecule has 8 heteroatoms. The number of benzene rings is 1. The van der Waals surface area contributed by atoms with E-state index in [9.17, 15) is 14.9 Å². The molecule has 2 aromatic rings. The molecule has 0 radical (unpaired) electrons. The molecule has 3 rings (SSSR count). The van der Waals surface area contributed by atoms with Crippen molar-refractivity contribution < 1.29 is 9.53 Å². The molecule has 1 N–H and O–H groups in total. The predicted molar refractivity (Wildman–Crippen MR) is 122 cm³/mol. The van der Waals surface area contributed by atoms with E-state index >= 15 is 0 Å². The van der Waals surface area contributed by atoms with Crippen molar-refractivity contribution in [3.63, 3.8) is 0 Å². The Balaban J connectivity index is 1.82. The highest BCUT2D eigenvalue weighted by molar-refractivity contribution is 8.00. The van der Waals surface area contributed by atoms with Crippen LogP contribution in [0.3, 0.4) is 0 Å². The number of nitrogens with one attached hydrogen (secondary N) is 1. The zero-order valence-corrected chi connectivity index (χ0v) is 19.0. The van der Waals surface area contributed by atoms with Crippen LogP contribution < -0.4 is 10.9 Å². The number of fused-ring (bicyclic) bond motifs is 1. The Morgan fingerprint density at radius 1 is 1.35 bits per heavy atom. The average Bonchev–Trinajstić information content (AvgIpc) is 2.79. The number of ether oxygens (including phenoxy) is 1. The van der Waals surface area contributed by atoms with Crippen LogP contribution in [0.2, 0.25) is 0 Å². The second-order valence-electron chi connectivity index (χ2n) is 7.92. The van der Waals surface area contributed by atoms with Gasteiger partial charge in [-0.05, 0) is 45.2 Å². The van der Waals surface area contributed by atoms with Gasteiger partial charge in [-0.2, -0.15) is 5.26 Å². The van der Waals surface area contributed by atoms with Crippen LogP contribution in [-0.2, 0) is 16.1 Å². The topological polar surface area (TPSA) is 97.0 Å². The number of rotatable bonds is 9. The molecule has 1 saturated carbocycles. The first-order valence-electron chi connectivity index (χ1n) is 11.0. The zero-order valence-electron chi connectivity index (χ0n) is 18.2. The number of nitriles is 1. The number of carbonyl (C=O) groups is 1. The highest BCUT2D eigenvalue weighted by atomic mass is 32.2. The normalized spacial score (nSPS) is 16.5. The molecule has 1 unspecified atom stereocenters. The fourth-order valence-corrected chi connectivity index (χ4v) is 4.81. The van der Waals surface area contributed by atoms with Crippen LogP contribution in [-0.4, -0.2) is 39.5 Å². The van der Waals surface area contributed by atoms with E-state index in [0.29, 0.717) is 55.1 Å². The number of nitrogens with zero attached hydrogens (tertiary/aromatic N) is 3. The maximum atomic E-state index is 13.1. The van der Waals surface area contributed by atoms with Gasteiger partial charge in [-0.1, -0.05) is 43.2 Å². The average molecular weight is 443 g/mol. The summed E-state index contributed by atoms with van der Waals surface area (Å²) >= 11 is 1.26. The lowest BCUT2D eigenvalue weighted by atomic mass is 9.83. The van der Waals surface area contributed by atoms with E-state index in [1.165, 1.54) is 11.8 Å². The van der Waals surface area contributed by atoms with Crippen LogP contribution in [0.1, 0.15) is 52.4 Å². The SMILES string of the molecule is CCOCCCn1c(SC(C)C(=O)NC2(C#N)CCCCC2)nc2ccccc2c1=O. The Kier molecular flexibility index (Phi) is 8.10. The van der Waals surface area contributed by atoms with Crippen molar-refractivity contribution in [2.24, 2.45) is 0 Å². The minimum absolute atomic E-state index is 0.113. The van der Waals surface area contributed by atoms with Crippen molar-refractivity contribution >= 4 is 28.6 Å². The number of aromatic nitrogens is 2. The van der Waals surface area contributed by atoms with E-state index in [1.54, 1.807) is 17.6 Å². The molecule has 1 aromatic carbocycles. The number of thioether (sulfide) groups is 1. The van der Waals surface area contributed by atoms with Crippen molar-refractivity contribution in [3.8, 4) is 6.07 Å². The second-order valence-corrected chi connectivity index (χ2v) is 9.23. The number of amides is 1. The lowest BCUT2D eigenvalue weighted by Gasteiger charge is -2.32. The molecule has 1 heterocycles. The first-order chi connectivity index (χ1) is 15.0. The monoisotopic (exact) mass is 442 g/mol. The van der Waals surface area contributed by atoms with Crippen molar-refractivity contribution in [2.45, 2.75) is 74.9 Å². The number of para-hydroxylation sites is 1. The first-order valence-corrected chi connectivity index (χ1v) is 11.8. The maximum absolute atomic E-state index is 13.1. The molecule has 0 spiro atoms. The molecule has 1 amide bonds. The Bertz CT molecular complexity index is 1010. The van der Waals surface area contributed by atoms with Gasteiger partial charge in [-0.3, -0.25) is 14.2 Å². The molecule has 1 aliphatic carbocycles. The molecule has 166 valence electrons. The minimum Gasteiger partial charge on any atom is -0.382 e. The Hall–Kier alpha value is -2.37. The summed E-state index contributed by atoms with van der Waals surface area (Å²) in [5, 5.41) is 13.2. The molecular formula is C23H30N4O3S. The van der Waals surface area contributed by atoms with Gasteiger partial charge in [0.15, 0.2) is 5.16 Å². The molecule has 7 nitrogen and oxygen atoms in total. The number of carbonyl (C=O) groups excluding carboxylic acids is 1. The van der Waals surface area contributed by atoms with Crippen LogP contribution in [0, 0.1) is 11.3 Å². The Morgan fingerprint density at radius 3 is 2.81 bits per heavy atom. The molecular weight excluding hydrogens is 412 g/mol. The largest absolute Gasteiger partial charge is 0.382 e. The van der Waals surface area contributed by atoms with Crippen LogP contribution in [0.4, 0.5) is 0 Å². The van der Waals surface area contributed by atoms with E-state index in [-0.39, 0.29) is 11.5 Å². The summed E-state index contributed by atoms with van der Waals surface area (Å²) < 4.78 is 7.05. The molecule has 1 atom stereocenters. The molecule has 1 aromatic heterocycles. The highest BCUT2D eigenvalue weighted by Crippen LogP contribution is 2.29. The van der Waals surface area contributed by atoms with E-state index in [4.69, 9.17) is 4.74 Å². The Labute approximate surface area is 187 Å². The fourth-order valence-electron chi connectivity index (χ4n) is 3.87. The third-order valence-corrected chi connectivity index (χ3v) is 6.73. The second kappa shape index (κ2) is 10.8. The molecule has 0 saturated heterocycles. The van der Waals surface area contributed by atoms with Crippen molar-refractivity contribution in [1.29, 1.82) is 5.26 Å². The smallest absolute Gasteiger partial charge is 0.262 e. The lowest BCUT2D eigenvalue weighted by Crippen LogP contribution is -2.51. The van der Waals surface area contributed by atoms with Crippen LogP contribution in [0.15, 0.2) is 34.2 Å². The van der Waals surface area contributed by atoms with Crippen molar-refractivity contribution in [1.82, 2.24) is 14.9 Å². The minimum atomic E-state index is -0.780.